The Labute approximate surface area is 208 Å². The van der Waals surface area contributed by atoms with Gasteiger partial charge in [0.25, 0.3) is 0 Å². The van der Waals surface area contributed by atoms with E-state index in [4.69, 9.17) is 10.5 Å². The molecule has 0 saturated carbocycles. The van der Waals surface area contributed by atoms with Gasteiger partial charge in [-0.1, -0.05) is 26.0 Å². The van der Waals surface area contributed by atoms with Crippen LogP contribution in [-0.4, -0.2) is 29.7 Å². The smallest absolute Gasteiger partial charge is 0.228 e. The van der Waals surface area contributed by atoms with Gasteiger partial charge in [-0.15, -0.1) is 0 Å². The zero-order chi connectivity index (χ0) is 26.0. The first kappa shape index (κ1) is 27.4. The van der Waals surface area contributed by atoms with Gasteiger partial charge in [0.05, 0.1) is 23.2 Å². The van der Waals surface area contributed by atoms with Gasteiger partial charge in [0.1, 0.15) is 11.5 Å². The van der Waals surface area contributed by atoms with E-state index in [1.54, 1.807) is 12.4 Å². The van der Waals surface area contributed by atoms with Crippen molar-refractivity contribution in [2.24, 2.45) is 10.7 Å². The summed E-state index contributed by atoms with van der Waals surface area (Å²) in [4.78, 5) is 21.3. The van der Waals surface area contributed by atoms with E-state index in [1.165, 1.54) is 6.20 Å². The number of carbonyl (C=O) groups excluding carboxylic acids is 1. The van der Waals surface area contributed by atoms with E-state index in [0.717, 1.165) is 39.2 Å². The molecule has 1 amide bonds. The Bertz CT molecular complexity index is 1210. The molecule has 3 aromatic rings. The summed E-state index contributed by atoms with van der Waals surface area (Å²) in [6, 6.07) is 13.5. The lowest BCUT2D eigenvalue weighted by Gasteiger charge is -2.13. The molecule has 4 N–H and O–H groups in total. The maximum Gasteiger partial charge on any atom is 0.228 e. The lowest BCUT2D eigenvalue weighted by atomic mass is 10.1. The summed E-state index contributed by atoms with van der Waals surface area (Å²) in [5.74, 6) is 1.28. The van der Waals surface area contributed by atoms with E-state index in [9.17, 15) is 4.79 Å². The summed E-state index contributed by atoms with van der Waals surface area (Å²) < 4.78 is 6.22. The van der Waals surface area contributed by atoms with Crippen molar-refractivity contribution in [2.45, 2.75) is 53.5 Å². The van der Waals surface area contributed by atoms with E-state index in [-0.39, 0.29) is 17.9 Å². The molecule has 2 aromatic carbocycles. The van der Waals surface area contributed by atoms with Crippen LogP contribution in [0.3, 0.4) is 0 Å². The number of allylic oxidation sites excluding steroid dienone is 1. The third-order valence-electron chi connectivity index (χ3n) is 4.87. The van der Waals surface area contributed by atoms with Crippen LogP contribution in [0, 0.1) is 6.92 Å². The molecule has 0 aliphatic heterocycles. The van der Waals surface area contributed by atoms with Crippen LogP contribution in [0.2, 0.25) is 0 Å². The highest BCUT2D eigenvalue weighted by Gasteiger charge is 2.11. The van der Waals surface area contributed by atoms with Crippen molar-refractivity contribution in [1.82, 2.24) is 10.3 Å². The number of nitrogens with one attached hydrogen (secondary N) is 2. The highest BCUT2D eigenvalue weighted by atomic mass is 16.5. The first-order valence-corrected chi connectivity index (χ1v) is 11.8. The molecule has 0 atom stereocenters. The number of rotatable bonds is 7. The van der Waals surface area contributed by atoms with Gasteiger partial charge < -0.3 is 21.1 Å². The Morgan fingerprint density at radius 3 is 2.49 bits per heavy atom. The first-order valence-electron chi connectivity index (χ1n) is 11.8. The van der Waals surface area contributed by atoms with Gasteiger partial charge in [0.15, 0.2) is 0 Å². The zero-order valence-corrected chi connectivity index (χ0v) is 21.8. The Morgan fingerprint density at radius 1 is 1.11 bits per heavy atom. The van der Waals surface area contributed by atoms with Gasteiger partial charge in [-0.25, -0.2) is 0 Å². The van der Waals surface area contributed by atoms with Gasteiger partial charge in [0, 0.05) is 36.7 Å². The van der Waals surface area contributed by atoms with Crippen LogP contribution in [-0.2, 0) is 11.2 Å². The summed E-state index contributed by atoms with van der Waals surface area (Å²) >= 11 is 0. The van der Waals surface area contributed by atoms with Gasteiger partial charge in [-0.3, -0.25) is 14.8 Å². The van der Waals surface area contributed by atoms with Gasteiger partial charge in [-0.2, -0.15) is 0 Å². The average Bonchev–Trinajstić information content (AvgIpc) is 2.84. The van der Waals surface area contributed by atoms with Crippen molar-refractivity contribution in [1.29, 1.82) is 0 Å². The minimum atomic E-state index is -0.249. The number of carbonyl (C=O) groups is 1. The highest BCUT2D eigenvalue weighted by molar-refractivity contribution is 5.89. The molecule has 0 aliphatic carbocycles. The SMILES string of the molecule is CC.CNc1ccc2nccc(Oc3ccc(CC(=O)N/C(C=NC(C)(C)C)=C/N)cc3C)c2c1. The van der Waals surface area contributed by atoms with E-state index in [1.807, 2.05) is 91.1 Å². The summed E-state index contributed by atoms with van der Waals surface area (Å²) in [7, 11) is 1.88. The monoisotopic (exact) mass is 475 g/mol. The molecule has 0 fully saturated rings. The molecular weight excluding hydrogens is 438 g/mol. The molecule has 3 rings (SSSR count). The number of fused-ring (bicyclic) bond motifs is 1. The second kappa shape index (κ2) is 12.6. The van der Waals surface area contributed by atoms with E-state index < -0.39 is 0 Å². The number of ether oxygens (including phenoxy) is 1. The fourth-order valence-electron chi connectivity index (χ4n) is 3.19. The predicted octanol–water partition coefficient (Wildman–Crippen LogP) is 5.73. The van der Waals surface area contributed by atoms with Gasteiger partial charge >= 0.3 is 0 Å². The van der Waals surface area contributed by atoms with E-state index in [2.05, 4.69) is 20.6 Å². The fourth-order valence-corrected chi connectivity index (χ4v) is 3.19. The van der Waals surface area contributed by atoms with Crippen molar-refractivity contribution in [3.05, 3.63) is 71.7 Å². The number of nitrogens with two attached hydrogens (primary N) is 1. The van der Waals surface area contributed by atoms with Crippen LogP contribution in [0.15, 0.2) is 65.6 Å². The molecular formula is C28H37N5O2. The standard InChI is InChI=1S/C26H31N5O2.C2H6/c1-17-12-18(13-25(32)31-20(15-27)16-30-26(2,3)4)6-9-23(17)33-24-10-11-29-22-8-7-19(28-5)14-21(22)24;1-2/h6-12,14-16,28H,13,27H2,1-5H3,(H,31,32);1-2H3/b20-15+,30-16?;. The van der Waals surface area contributed by atoms with E-state index in [0.29, 0.717) is 5.70 Å². The minimum Gasteiger partial charge on any atom is -0.456 e. The first-order chi connectivity index (χ1) is 16.7. The predicted molar refractivity (Wildman–Crippen MR) is 146 cm³/mol. The van der Waals surface area contributed by atoms with E-state index >= 15 is 0 Å². The maximum absolute atomic E-state index is 12.5. The molecule has 0 aliphatic rings. The number of amides is 1. The van der Waals surface area contributed by atoms with Crippen molar-refractivity contribution in [2.75, 3.05) is 12.4 Å². The second-order valence-electron chi connectivity index (χ2n) is 8.77. The Morgan fingerprint density at radius 2 is 1.86 bits per heavy atom. The van der Waals surface area contributed by atoms with Crippen molar-refractivity contribution < 1.29 is 9.53 Å². The summed E-state index contributed by atoms with van der Waals surface area (Å²) in [5.41, 5.74) is 9.49. The number of hydrogen-bond donors (Lipinski definition) is 3. The fraction of sp³-hybridized carbons (Fsp3) is 0.321. The number of hydrogen-bond acceptors (Lipinski definition) is 6. The third-order valence-corrected chi connectivity index (χ3v) is 4.87. The molecule has 35 heavy (non-hydrogen) atoms. The highest BCUT2D eigenvalue weighted by Crippen LogP contribution is 2.32. The zero-order valence-electron chi connectivity index (χ0n) is 21.8. The number of aliphatic imine (C=N–C) groups is 1. The molecule has 0 saturated heterocycles. The Kier molecular flexibility index (Phi) is 9.82. The molecule has 0 unspecified atom stereocenters. The number of anilines is 1. The molecule has 186 valence electrons. The summed E-state index contributed by atoms with van der Waals surface area (Å²) in [5, 5.41) is 6.86. The lowest BCUT2D eigenvalue weighted by Crippen LogP contribution is -2.26. The molecule has 0 radical (unpaired) electrons. The average molecular weight is 476 g/mol. The number of aryl methyl sites for hydroxylation is 1. The Balaban J connectivity index is 0.00000210. The normalized spacial score (nSPS) is 11.7. The molecule has 0 bridgehead atoms. The number of benzene rings is 2. The Hall–Kier alpha value is -3.87. The number of nitrogens with zero attached hydrogens (tertiary/aromatic N) is 2. The van der Waals surface area contributed by atoms with Crippen molar-refractivity contribution in [3.8, 4) is 11.5 Å². The van der Waals surface area contributed by atoms with Crippen molar-refractivity contribution in [3.63, 3.8) is 0 Å². The molecule has 0 spiro atoms. The molecule has 7 nitrogen and oxygen atoms in total. The molecule has 1 heterocycles. The van der Waals surface area contributed by atoms with Gasteiger partial charge in [-0.05, 0) is 69.2 Å². The van der Waals surface area contributed by atoms with Crippen molar-refractivity contribution >= 4 is 28.7 Å². The molecule has 7 heteroatoms. The van der Waals surface area contributed by atoms with Crippen LogP contribution >= 0.6 is 0 Å². The maximum atomic E-state index is 12.5. The van der Waals surface area contributed by atoms with Gasteiger partial charge in [0.2, 0.25) is 5.91 Å². The summed E-state index contributed by atoms with van der Waals surface area (Å²) in [6.07, 6.45) is 4.87. The third kappa shape index (κ3) is 8.14. The van der Waals surface area contributed by atoms with Crippen LogP contribution in [0.1, 0.15) is 45.7 Å². The molecule has 1 aromatic heterocycles. The second-order valence-corrected chi connectivity index (χ2v) is 8.77. The quantitative estimate of drug-likeness (QED) is 0.379. The number of pyridine rings is 1. The topological polar surface area (TPSA) is 102 Å². The van der Waals surface area contributed by atoms with Crippen LogP contribution in [0.25, 0.3) is 10.9 Å². The lowest BCUT2D eigenvalue weighted by molar-refractivity contribution is -0.119. The largest absolute Gasteiger partial charge is 0.456 e. The summed E-state index contributed by atoms with van der Waals surface area (Å²) in [6.45, 7) is 11.9. The van der Waals surface area contributed by atoms with Crippen LogP contribution < -0.4 is 21.1 Å². The minimum absolute atomic E-state index is 0.167. The van der Waals surface area contributed by atoms with Crippen LogP contribution in [0.4, 0.5) is 5.69 Å². The van der Waals surface area contributed by atoms with Crippen LogP contribution in [0.5, 0.6) is 11.5 Å². The number of aromatic nitrogens is 1.